The third-order valence-corrected chi connectivity index (χ3v) is 6.53. The van der Waals surface area contributed by atoms with Crippen LogP contribution >= 0.6 is 23.1 Å². The average Bonchev–Trinajstić information content (AvgIpc) is 3.25. The molecule has 0 saturated carbocycles. The van der Waals surface area contributed by atoms with Gasteiger partial charge in [-0.1, -0.05) is 23.9 Å². The second-order valence-corrected chi connectivity index (χ2v) is 8.08. The number of carbonyl (C=O) groups excluding carboxylic acids is 1. The molecule has 0 aliphatic carbocycles. The summed E-state index contributed by atoms with van der Waals surface area (Å²) in [6.07, 6.45) is 2.10. The van der Waals surface area contributed by atoms with Crippen LogP contribution in [0.5, 0.6) is 0 Å². The van der Waals surface area contributed by atoms with Crippen molar-refractivity contribution in [2.45, 2.75) is 23.9 Å². The molecule has 7 nitrogen and oxygen atoms in total. The van der Waals surface area contributed by atoms with Gasteiger partial charge in [0.05, 0.1) is 21.0 Å². The van der Waals surface area contributed by atoms with E-state index < -0.39 is 0 Å². The number of hydrogen-bond donors (Lipinski definition) is 0. The largest absolute Gasteiger partial charge is 0.341 e. The SMILES string of the molecule is Cn1nnnc1SCC(=O)N1CCC[C@H](c2nc3ccccc3s2)C1. The van der Waals surface area contributed by atoms with E-state index in [1.165, 1.54) is 16.5 Å². The fraction of sp³-hybridized carbons (Fsp3) is 0.438. The maximum atomic E-state index is 12.6. The molecule has 3 aromatic rings. The number of tetrazole rings is 1. The van der Waals surface area contributed by atoms with Crippen LogP contribution in [-0.4, -0.2) is 54.8 Å². The van der Waals surface area contributed by atoms with E-state index in [9.17, 15) is 4.79 Å². The van der Waals surface area contributed by atoms with Gasteiger partial charge in [0.2, 0.25) is 11.1 Å². The number of likely N-dealkylation sites (tertiary alicyclic amines) is 1. The summed E-state index contributed by atoms with van der Waals surface area (Å²) < 4.78 is 2.80. The van der Waals surface area contributed by atoms with Gasteiger partial charge in [0.15, 0.2) is 0 Å². The first kappa shape index (κ1) is 16.5. The van der Waals surface area contributed by atoms with Crippen molar-refractivity contribution in [1.29, 1.82) is 0 Å². The number of thioether (sulfide) groups is 1. The van der Waals surface area contributed by atoms with Crippen LogP contribution in [0.3, 0.4) is 0 Å². The van der Waals surface area contributed by atoms with E-state index in [0.29, 0.717) is 16.8 Å². The maximum absolute atomic E-state index is 12.6. The lowest BCUT2D eigenvalue weighted by atomic mass is 9.99. The number of aromatic nitrogens is 5. The van der Waals surface area contributed by atoms with Gasteiger partial charge >= 0.3 is 0 Å². The highest BCUT2D eigenvalue weighted by atomic mass is 32.2. The van der Waals surface area contributed by atoms with Gasteiger partial charge in [-0.3, -0.25) is 4.79 Å². The second-order valence-electron chi connectivity index (χ2n) is 6.07. The predicted molar refractivity (Wildman–Crippen MR) is 97.7 cm³/mol. The second kappa shape index (κ2) is 7.09. The summed E-state index contributed by atoms with van der Waals surface area (Å²) in [5.74, 6) is 0.830. The molecule has 1 atom stereocenters. The van der Waals surface area contributed by atoms with Crippen molar-refractivity contribution < 1.29 is 4.79 Å². The molecule has 4 rings (SSSR count). The number of amides is 1. The highest BCUT2D eigenvalue weighted by Crippen LogP contribution is 2.33. The van der Waals surface area contributed by atoms with Crippen molar-refractivity contribution in [3.63, 3.8) is 0 Å². The molecule has 1 aromatic carbocycles. The monoisotopic (exact) mass is 374 g/mol. The van der Waals surface area contributed by atoms with Crippen LogP contribution in [0, 0.1) is 0 Å². The highest BCUT2D eigenvalue weighted by molar-refractivity contribution is 7.99. The van der Waals surface area contributed by atoms with Gasteiger partial charge in [-0.15, -0.1) is 16.4 Å². The topological polar surface area (TPSA) is 76.8 Å². The summed E-state index contributed by atoms with van der Waals surface area (Å²) in [6, 6.07) is 8.21. The van der Waals surface area contributed by atoms with Crippen LogP contribution in [0.15, 0.2) is 29.4 Å². The number of thiazole rings is 1. The van der Waals surface area contributed by atoms with Crippen LogP contribution in [-0.2, 0) is 11.8 Å². The number of piperidine rings is 1. The molecule has 0 unspecified atom stereocenters. The lowest BCUT2D eigenvalue weighted by Gasteiger charge is -2.31. The number of carbonyl (C=O) groups is 1. The summed E-state index contributed by atoms with van der Waals surface area (Å²) in [4.78, 5) is 19.3. The predicted octanol–water partition coefficient (Wildman–Crippen LogP) is 2.32. The molecule has 1 saturated heterocycles. The molecule has 1 amide bonds. The van der Waals surface area contributed by atoms with E-state index >= 15 is 0 Å². The fourth-order valence-electron chi connectivity index (χ4n) is 3.03. The van der Waals surface area contributed by atoms with Crippen molar-refractivity contribution in [3.05, 3.63) is 29.3 Å². The lowest BCUT2D eigenvalue weighted by Crippen LogP contribution is -2.40. The smallest absolute Gasteiger partial charge is 0.233 e. The van der Waals surface area contributed by atoms with Gasteiger partial charge in [-0.05, 0) is 35.4 Å². The van der Waals surface area contributed by atoms with E-state index in [1.807, 2.05) is 23.1 Å². The Morgan fingerprint density at radius 3 is 3.08 bits per heavy atom. The van der Waals surface area contributed by atoms with Gasteiger partial charge in [0.25, 0.3) is 0 Å². The zero-order valence-electron chi connectivity index (χ0n) is 13.8. The first-order chi connectivity index (χ1) is 12.2. The molecular formula is C16H18N6OS2. The summed E-state index contributed by atoms with van der Waals surface area (Å²) in [5.41, 5.74) is 1.05. The molecule has 0 radical (unpaired) electrons. The van der Waals surface area contributed by atoms with Crippen LogP contribution < -0.4 is 0 Å². The molecule has 0 N–H and O–H groups in total. The Morgan fingerprint density at radius 1 is 1.40 bits per heavy atom. The summed E-state index contributed by atoms with van der Waals surface area (Å²) in [5, 5.41) is 13.1. The van der Waals surface area contributed by atoms with Crippen LogP contribution in [0.1, 0.15) is 23.8 Å². The molecule has 2 aromatic heterocycles. The van der Waals surface area contributed by atoms with Gasteiger partial charge < -0.3 is 4.90 Å². The minimum absolute atomic E-state index is 0.138. The molecule has 0 spiro atoms. The fourth-order valence-corrected chi connectivity index (χ4v) is 4.88. The molecular weight excluding hydrogens is 356 g/mol. The minimum atomic E-state index is 0.138. The zero-order chi connectivity index (χ0) is 17.2. The highest BCUT2D eigenvalue weighted by Gasteiger charge is 2.27. The van der Waals surface area contributed by atoms with E-state index in [2.05, 4.69) is 21.6 Å². The molecule has 0 bridgehead atoms. The lowest BCUT2D eigenvalue weighted by molar-refractivity contribution is -0.129. The Hall–Kier alpha value is -2.00. The van der Waals surface area contributed by atoms with Crippen molar-refractivity contribution >= 4 is 39.2 Å². The molecule has 3 heterocycles. The van der Waals surface area contributed by atoms with Gasteiger partial charge in [0.1, 0.15) is 0 Å². The van der Waals surface area contributed by atoms with Crippen molar-refractivity contribution in [2.75, 3.05) is 18.8 Å². The minimum Gasteiger partial charge on any atom is -0.341 e. The summed E-state index contributed by atoms with van der Waals surface area (Å²) in [6.45, 7) is 1.56. The summed E-state index contributed by atoms with van der Waals surface area (Å²) in [7, 11) is 1.77. The van der Waals surface area contributed by atoms with Crippen molar-refractivity contribution in [1.82, 2.24) is 30.1 Å². The first-order valence-electron chi connectivity index (χ1n) is 8.19. The Morgan fingerprint density at radius 2 is 2.28 bits per heavy atom. The number of hydrogen-bond acceptors (Lipinski definition) is 7. The summed E-state index contributed by atoms with van der Waals surface area (Å²) >= 11 is 3.13. The van der Waals surface area contributed by atoms with Crippen molar-refractivity contribution in [2.24, 2.45) is 7.05 Å². The molecule has 25 heavy (non-hydrogen) atoms. The number of para-hydroxylation sites is 1. The zero-order valence-corrected chi connectivity index (χ0v) is 15.5. The quantitative estimate of drug-likeness (QED) is 0.652. The van der Waals surface area contributed by atoms with Crippen LogP contribution in [0.25, 0.3) is 10.2 Å². The van der Waals surface area contributed by atoms with E-state index in [1.54, 1.807) is 23.1 Å². The van der Waals surface area contributed by atoms with E-state index in [4.69, 9.17) is 4.98 Å². The standard InChI is InChI=1S/C16H18N6OS2/c1-21-16(18-19-20-21)24-10-14(23)22-8-4-5-11(9-22)15-17-12-6-2-3-7-13(12)25-15/h2-3,6-7,11H,4-5,8-10H2,1H3/t11-/m0/s1. The third kappa shape index (κ3) is 3.52. The van der Waals surface area contributed by atoms with Gasteiger partial charge in [0, 0.05) is 26.1 Å². The Balaban J connectivity index is 1.41. The molecule has 1 aliphatic rings. The number of rotatable bonds is 4. The number of benzene rings is 1. The molecule has 9 heteroatoms. The molecule has 130 valence electrons. The molecule has 1 fully saturated rings. The molecule has 1 aliphatic heterocycles. The van der Waals surface area contributed by atoms with Crippen LogP contribution in [0.4, 0.5) is 0 Å². The van der Waals surface area contributed by atoms with E-state index in [-0.39, 0.29) is 5.91 Å². The van der Waals surface area contributed by atoms with E-state index in [0.717, 1.165) is 36.5 Å². The van der Waals surface area contributed by atoms with Crippen molar-refractivity contribution in [3.8, 4) is 0 Å². The Labute approximate surface area is 153 Å². The maximum Gasteiger partial charge on any atom is 0.233 e. The number of nitrogens with zero attached hydrogens (tertiary/aromatic N) is 6. The third-order valence-electron chi connectivity index (χ3n) is 4.34. The Kier molecular flexibility index (Phi) is 4.67. The van der Waals surface area contributed by atoms with Gasteiger partial charge in [-0.25, -0.2) is 9.67 Å². The average molecular weight is 374 g/mol. The van der Waals surface area contributed by atoms with Gasteiger partial charge in [-0.2, -0.15) is 0 Å². The number of fused-ring (bicyclic) bond motifs is 1. The number of aryl methyl sites for hydroxylation is 1. The Bertz CT molecular complexity index is 859. The van der Waals surface area contributed by atoms with Crippen LogP contribution in [0.2, 0.25) is 0 Å². The normalized spacial score (nSPS) is 18.0. The first-order valence-corrected chi connectivity index (χ1v) is 9.99.